The van der Waals surface area contributed by atoms with Crippen molar-refractivity contribution >= 4 is 33.3 Å². The first kappa shape index (κ1) is 18.3. The lowest BCUT2D eigenvalue weighted by Crippen LogP contribution is -2.13. The van der Waals surface area contributed by atoms with Gasteiger partial charge < -0.3 is 10.5 Å². The maximum absolute atomic E-state index is 13.9. The number of nitrogens with two attached hydrogens (primary N) is 1. The summed E-state index contributed by atoms with van der Waals surface area (Å²) in [4.78, 5) is -0.370. The van der Waals surface area contributed by atoms with Crippen LogP contribution in [-0.2, 0) is 10.0 Å². The Hall–Kier alpha value is -2.09. The van der Waals surface area contributed by atoms with E-state index in [-0.39, 0.29) is 17.3 Å². The van der Waals surface area contributed by atoms with E-state index in [1.165, 1.54) is 24.4 Å². The van der Waals surface area contributed by atoms with E-state index in [4.69, 9.17) is 10.5 Å². The van der Waals surface area contributed by atoms with Crippen LogP contribution in [0, 0.1) is 5.82 Å². The molecule has 0 saturated heterocycles. The van der Waals surface area contributed by atoms with Gasteiger partial charge in [0.25, 0.3) is 10.0 Å². The van der Waals surface area contributed by atoms with Gasteiger partial charge in [-0.2, -0.15) is 0 Å². The Bertz CT molecular complexity index is 957. The number of rotatable bonds is 5. The van der Waals surface area contributed by atoms with E-state index in [0.29, 0.717) is 29.8 Å². The molecule has 24 heavy (non-hydrogen) atoms. The van der Waals surface area contributed by atoms with E-state index in [2.05, 4.69) is 0 Å². The molecule has 3 aromatic rings. The van der Waals surface area contributed by atoms with Gasteiger partial charge in [0.1, 0.15) is 23.1 Å². The molecule has 1 heterocycles. The van der Waals surface area contributed by atoms with Crippen LogP contribution in [-0.4, -0.2) is 25.5 Å². The highest BCUT2D eigenvalue weighted by atomic mass is 35.5. The van der Waals surface area contributed by atoms with Crippen molar-refractivity contribution in [2.24, 2.45) is 5.73 Å². The van der Waals surface area contributed by atoms with Crippen LogP contribution in [0.15, 0.2) is 59.6 Å². The zero-order valence-electron chi connectivity index (χ0n) is 12.6. The van der Waals surface area contributed by atoms with Gasteiger partial charge in [0.2, 0.25) is 0 Å². The molecular formula is C16H16ClFN2O3S. The summed E-state index contributed by atoms with van der Waals surface area (Å²) in [6, 6.07) is 12.0. The van der Waals surface area contributed by atoms with Crippen molar-refractivity contribution < 1.29 is 17.5 Å². The normalized spacial score (nSPS) is 11.2. The summed E-state index contributed by atoms with van der Waals surface area (Å²) in [5, 5.41) is 0.626. The molecular weight excluding hydrogens is 355 g/mol. The minimum absolute atomic E-state index is 0. The van der Waals surface area contributed by atoms with Crippen LogP contribution in [0.2, 0.25) is 0 Å². The van der Waals surface area contributed by atoms with Gasteiger partial charge in [-0.25, -0.2) is 16.8 Å². The molecule has 0 aliphatic heterocycles. The molecule has 2 N–H and O–H groups in total. The molecule has 1 aromatic heterocycles. The first-order valence-corrected chi connectivity index (χ1v) is 8.43. The zero-order valence-corrected chi connectivity index (χ0v) is 14.2. The molecule has 0 aliphatic rings. The molecule has 128 valence electrons. The van der Waals surface area contributed by atoms with Crippen LogP contribution in [0.1, 0.15) is 0 Å². The van der Waals surface area contributed by atoms with Crippen LogP contribution in [0.5, 0.6) is 5.75 Å². The molecule has 0 aliphatic carbocycles. The summed E-state index contributed by atoms with van der Waals surface area (Å²) in [6.45, 7) is 0.676. The fourth-order valence-electron chi connectivity index (χ4n) is 2.38. The molecule has 3 rings (SSSR count). The molecule has 0 spiro atoms. The smallest absolute Gasteiger partial charge is 0.271 e. The average Bonchev–Trinajstić information content (AvgIpc) is 2.98. The van der Waals surface area contributed by atoms with Gasteiger partial charge in [0.15, 0.2) is 0 Å². The maximum atomic E-state index is 13.9. The van der Waals surface area contributed by atoms with E-state index >= 15 is 0 Å². The fourth-order valence-corrected chi connectivity index (χ4v) is 3.80. The summed E-state index contributed by atoms with van der Waals surface area (Å²) in [6.07, 6.45) is 1.39. The number of aromatic nitrogens is 1. The second-order valence-corrected chi connectivity index (χ2v) is 6.66. The predicted octanol–water partition coefficient (Wildman–Crippen LogP) is 2.78. The lowest BCUT2D eigenvalue weighted by atomic mass is 10.2. The van der Waals surface area contributed by atoms with Gasteiger partial charge in [0, 0.05) is 18.1 Å². The van der Waals surface area contributed by atoms with Gasteiger partial charge in [-0.15, -0.1) is 12.4 Å². The van der Waals surface area contributed by atoms with E-state index in [0.717, 1.165) is 10.0 Å². The quantitative estimate of drug-likeness (QED) is 0.749. The van der Waals surface area contributed by atoms with Crippen molar-refractivity contribution in [3.8, 4) is 5.75 Å². The second kappa shape index (κ2) is 7.21. The summed E-state index contributed by atoms with van der Waals surface area (Å²) >= 11 is 0. The first-order chi connectivity index (χ1) is 11.1. The Morgan fingerprint density at radius 2 is 1.83 bits per heavy atom. The van der Waals surface area contributed by atoms with Gasteiger partial charge in [-0.1, -0.05) is 18.2 Å². The summed E-state index contributed by atoms with van der Waals surface area (Å²) in [5.74, 6) is -0.250. The molecule has 0 unspecified atom stereocenters. The van der Waals surface area contributed by atoms with Crippen molar-refractivity contribution in [1.82, 2.24) is 3.97 Å². The van der Waals surface area contributed by atoms with Crippen molar-refractivity contribution in [2.75, 3.05) is 13.2 Å². The monoisotopic (exact) mass is 370 g/mol. The highest BCUT2D eigenvalue weighted by Gasteiger charge is 2.23. The number of hydrogen-bond acceptors (Lipinski definition) is 4. The third kappa shape index (κ3) is 3.10. The molecule has 0 amide bonds. The molecule has 0 atom stereocenters. The largest absolute Gasteiger partial charge is 0.492 e. The number of halogens is 2. The number of ether oxygens (including phenoxy) is 1. The molecule has 8 heteroatoms. The van der Waals surface area contributed by atoms with E-state index < -0.39 is 15.8 Å². The zero-order chi connectivity index (χ0) is 16.4. The standard InChI is InChI=1S/C16H15FN2O3S.ClH/c17-13-4-1-2-7-16(13)23(20,21)19-10-8-12-14(19)5-3-6-15(12)22-11-9-18;/h1-8,10H,9,11,18H2;1H. The highest BCUT2D eigenvalue weighted by Crippen LogP contribution is 2.29. The van der Waals surface area contributed by atoms with E-state index in [1.807, 2.05) is 0 Å². The molecule has 0 fully saturated rings. The summed E-state index contributed by atoms with van der Waals surface area (Å²) in [5.41, 5.74) is 5.84. The van der Waals surface area contributed by atoms with E-state index in [9.17, 15) is 12.8 Å². The van der Waals surface area contributed by atoms with Crippen LogP contribution in [0.4, 0.5) is 4.39 Å². The van der Waals surface area contributed by atoms with E-state index in [1.54, 1.807) is 24.3 Å². The first-order valence-electron chi connectivity index (χ1n) is 6.99. The molecule has 0 saturated carbocycles. The lowest BCUT2D eigenvalue weighted by Gasteiger charge is -2.10. The minimum atomic E-state index is -4.03. The molecule has 0 bridgehead atoms. The fraction of sp³-hybridized carbons (Fsp3) is 0.125. The maximum Gasteiger partial charge on any atom is 0.271 e. The van der Waals surface area contributed by atoms with Crippen molar-refractivity contribution in [2.45, 2.75) is 4.90 Å². The SMILES string of the molecule is Cl.NCCOc1cccc2c1ccn2S(=O)(=O)c1ccccc1F. The van der Waals surface area contributed by atoms with Gasteiger partial charge >= 0.3 is 0 Å². The lowest BCUT2D eigenvalue weighted by molar-refractivity contribution is 0.332. The minimum Gasteiger partial charge on any atom is -0.492 e. The third-order valence-corrected chi connectivity index (χ3v) is 5.13. The average molecular weight is 371 g/mol. The van der Waals surface area contributed by atoms with Gasteiger partial charge in [-0.3, -0.25) is 0 Å². The molecule has 2 aromatic carbocycles. The van der Waals surface area contributed by atoms with Crippen molar-refractivity contribution in [3.63, 3.8) is 0 Å². The Kier molecular flexibility index (Phi) is 5.48. The summed E-state index contributed by atoms with van der Waals surface area (Å²) < 4.78 is 45.9. The Morgan fingerprint density at radius 3 is 2.54 bits per heavy atom. The van der Waals surface area contributed by atoms with Crippen LogP contribution < -0.4 is 10.5 Å². The third-order valence-electron chi connectivity index (χ3n) is 3.41. The number of benzene rings is 2. The Labute approximate surface area is 145 Å². The van der Waals surface area contributed by atoms with Crippen LogP contribution >= 0.6 is 12.4 Å². The van der Waals surface area contributed by atoms with Crippen LogP contribution in [0.25, 0.3) is 10.9 Å². The predicted molar refractivity (Wildman–Crippen MR) is 92.7 cm³/mol. The highest BCUT2D eigenvalue weighted by molar-refractivity contribution is 7.90. The van der Waals surface area contributed by atoms with Crippen LogP contribution in [0.3, 0.4) is 0 Å². The number of nitrogens with zero attached hydrogens (tertiary/aromatic N) is 1. The molecule has 5 nitrogen and oxygen atoms in total. The number of hydrogen-bond donors (Lipinski definition) is 1. The van der Waals surface area contributed by atoms with Crippen molar-refractivity contribution in [1.29, 1.82) is 0 Å². The molecule has 0 radical (unpaired) electrons. The Morgan fingerprint density at radius 1 is 1.08 bits per heavy atom. The van der Waals surface area contributed by atoms with Gasteiger partial charge in [0.05, 0.1) is 5.52 Å². The second-order valence-electron chi connectivity index (χ2n) is 4.87. The van der Waals surface area contributed by atoms with Crippen molar-refractivity contribution in [3.05, 3.63) is 60.5 Å². The Balaban J connectivity index is 0.00000208. The topological polar surface area (TPSA) is 74.3 Å². The van der Waals surface area contributed by atoms with Gasteiger partial charge in [-0.05, 0) is 30.3 Å². The summed E-state index contributed by atoms with van der Waals surface area (Å²) in [7, 11) is -4.03. The number of fused-ring (bicyclic) bond motifs is 1.